The summed E-state index contributed by atoms with van der Waals surface area (Å²) in [6.07, 6.45) is 3.96. The van der Waals surface area contributed by atoms with Gasteiger partial charge in [-0.3, -0.25) is 9.36 Å². The summed E-state index contributed by atoms with van der Waals surface area (Å²) in [6.45, 7) is 3.24. The van der Waals surface area contributed by atoms with Crippen LogP contribution in [0.25, 0.3) is 0 Å². The second kappa shape index (κ2) is 4.22. The minimum absolute atomic E-state index is 0.329. The summed E-state index contributed by atoms with van der Waals surface area (Å²) in [4.78, 5) is 29.3. The van der Waals surface area contributed by atoms with Crippen LogP contribution in [0.2, 0.25) is 0 Å². The lowest BCUT2D eigenvalue weighted by atomic mass is 10.2. The first-order chi connectivity index (χ1) is 6.46. The predicted molar refractivity (Wildman–Crippen MR) is 52.7 cm³/mol. The molecule has 0 aromatic carbocycles. The van der Waals surface area contributed by atoms with Crippen LogP contribution >= 0.6 is 7.60 Å². The summed E-state index contributed by atoms with van der Waals surface area (Å²) in [6, 6.07) is 0. The Balaban J connectivity index is 3.17. The molecule has 0 aliphatic heterocycles. The van der Waals surface area contributed by atoms with E-state index in [0.717, 1.165) is 18.9 Å². The van der Waals surface area contributed by atoms with Gasteiger partial charge in [0.25, 0.3) is 0 Å². The molecule has 0 spiro atoms. The Bertz CT molecular complexity index is 329. The number of carbonyl (C=O) groups excluding carboxylic acids is 1. The van der Waals surface area contributed by atoms with Gasteiger partial charge in [0.1, 0.15) is 5.31 Å². The van der Waals surface area contributed by atoms with Crippen LogP contribution in [0.4, 0.5) is 0 Å². The van der Waals surface area contributed by atoms with E-state index in [4.69, 9.17) is 9.79 Å². The molecule has 1 aliphatic carbocycles. The Morgan fingerprint density at radius 1 is 1.36 bits per heavy atom. The van der Waals surface area contributed by atoms with Crippen molar-refractivity contribution in [3.63, 3.8) is 0 Å². The fourth-order valence-corrected chi connectivity index (χ4v) is 2.67. The number of allylic oxidation sites excluding steroid dienone is 3. The molecular formula is C9H13O4P. The van der Waals surface area contributed by atoms with Crippen molar-refractivity contribution < 1.29 is 19.1 Å². The Hall–Kier alpha value is -0.700. The van der Waals surface area contributed by atoms with Crippen LogP contribution in [0.3, 0.4) is 0 Å². The topological polar surface area (TPSA) is 74.6 Å². The van der Waals surface area contributed by atoms with Crippen molar-refractivity contribution in [1.82, 2.24) is 0 Å². The second-order valence-electron chi connectivity index (χ2n) is 3.27. The Labute approximate surface area is 82.5 Å². The predicted octanol–water partition coefficient (Wildman–Crippen LogP) is 1.75. The van der Waals surface area contributed by atoms with E-state index in [1.807, 2.05) is 0 Å². The highest BCUT2D eigenvalue weighted by atomic mass is 31.2. The highest BCUT2D eigenvalue weighted by Crippen LogP contribution is 2.49. The van der Waals surface area contributed by atoms with Crippen LogP contribution in [0, 0.1) is 0 Å². The molecule has 0 radical (unpaired) electrons. The molecule has 0 heterocycles. The smallest absolute Gasteiger partial charge is 0.321 e. The molecule has 14 heavy (non-hydrogen) atoms. The first-order valence-corrected chi connectivity index (χ1v) is 6.03. The molecule has 1 rings (SSSR count). The monoisotopic (exact) mass is 216 g/mol. The Kier molecular flexibility index (Phi) is 3.43. The van der Waals surface area contributed by atoms with E-state index in [0.29, 0.717) is 18.4 Å². The summed E-state index contributed by atoms with van der Waals surface area (Å²) in [5, 5.41) is -0.329. The molecule has 0 bridgehead atoms. The van der Waals surface area contributed by atoms with Crippen LogP contribution in [0.1, 0.15) is 25.7 Å². The molecule has 1 fully saturated rings. The van der Waals surface area contributed by atoms with Crippen molar-refractivity contribution in [2.75, 3.05) is 0 Å². The maximum atomic E-state index is 11.3. The average molecular weight is 216 g/mol. The summed E-state index contributed by atoms with van der Waals surface area (Å²) < 4.78 is 11.1. The third-order valence-electron chi connectivity index (χ3n) is 2.25. The Morgan fingerprint density at radius 2 is 1.86 bits per heavy atom. The molecule has 0 amide bonds. The summed E-state index contributed by atoms with van der Waals surface area (Å²) in [5.41, 5.74) is 0.600. The quantitative estimate of drug-likeness (QED) is 0.556. The number of hydrogen-bond acceptors (Lipinski definition) is 2. The average Bonchev–Trinajstić information content (AvgIpc) is 2.54. The van der Waals surface area contributed by atoms with E-state index in [1.54, 1.807) is 0 Å². The standard InChI is InChI=1S/C9H13O4P/c1-2-8(10)9(14(11,12)13)7-5-3-4-6-7/h2H,1,3-6H2,(H2,11,12,13). The van der Waals surface area contributed by atoms with Crippen molar-refractivity contribution in [3.8, 4) is 0 Å². The van der Waals surface area contributed by atoms with Gasteiger partial charge in [0.15, 0.2) is 5.78 Å². The van der Waals surface area contributed by atoms with Gasteiger partial charge in [-0.05, 0) is 31.8 Å². The zero-order chi connectivity index (χ0) is 10.8. The van der Waals surface area contributed by atoms with E-state index < -0.39 is 13.4 Å². The van der Waals surface area contributed by atoms with Crippen molar-refractivity contribution in [2.24, 2.45) is 0 Å². The zero-order valence-electron chi connectivity index (χ0n) is 7.77. The normalized spacial score (nSPS) is 16.9. The third-order valence-corrected chi connectivity index (χ3v) is 3.37. The summed E-state index contributed by atoms with van der Waals surface area (Å²) in [7, 11) is -4.44. The number of ketones is 1. The molecule has 0 saturated heterocycles. The lowest BCUT2D eigenvalue weighted by molar-refractivity contribution is -0.110. The fraction of sp³-hybridized carbons (Fsp3) is 0.444. The van der Waals surface area contributed by atoms with Gasteiger partial charge in [-0.2, -0.15) is 0 Å². The molecule has 0 unspecified atom stereocenters. The maximum absolute atomic E-state index is 11.3. The molecule has 78 valence electrons. The van der Waals surface area contributed by atoms with Crippen LogP contribution in [-0.2, 0) is 9.36 Å². The largest absolute Gasteiger partial charge is 0.360 e. The lowest BCUT2D eigenvalue weighted by Gasteiger charge is -2.09. The van der Waals surface area contributed by atoms with Gasteiger partial charge < -0.3 is 9.79 Å². The molecule has 4 nitrogen and oxygen atoms in total. The highest BCUT2D eigenvalue weighted by molar-refractivity contribution is 7.58. The van der Waals surface area contributed by atoms with Gasteiger partial charge in [-0.15, -0.1) is 0 Å². The van der Waals surface area contributed by atoms with E-state index in [-0.39, 0.29) is 5.31 Å². The fourth-order valence-electron chi connectivity index (χ4n) is 1.66. The van der Waals surface area contributed by atoms with Crippen molar-refractivity contribution in [3.05, 3.63) is 23.5 Å². The molecule has 5 heteroatoms. The summed E-state index contributed by atoms with van der Waals surface area (Å²) >= 11 is 0. The van der Waals surface area contributed by atoms with Crippen LogP contribution in [-0.4, -0.2) is 15.6 Å². The van der Waals surface area contributed by atoms with Crippen molar-refractivity contribution in [2.45, 2.75) is 25.7 Å². The number of hydrogen-bond donors (Lipinski definition) is 2. The van der Waals surface area contributed by atoms with Gasteiger partial charge in [-0.1, -0.05) is 12.2 Å². The van der Waals surface area contributed by atoms with Crippen LogP contribution in [0.15, 0.2) is 23.5 Å². The third kappa shape index (κ3) is 2.41. The zero-order valence-corrected chi connectivity index (χ0v) is 8.67. The van der Waals surface area contributed by atoms with Gasteiger partial charge in [0, 0.05) is 0 Å². The van der Waals surface area contributed by atoms with Gasteiger partial charge in [-0.25, -0.2) is 0 Å². The molecular weight excluding hydrogens is 203 g/mol. The molecule has 0 atom stereocenters. The minimum atomic E-state index is -4.44. The van der Waals surface area contributed by atoms with E-state index in [2.05, 4.69) is 6.58 Å². The van der Waals surface area contributed by atoms with Crippen molar-refractivity contribution >= 4 is 13.4 Å². The van der Waals surface area contributed by atoms with E-state index in [9.17, 15) is 9.36 Å². The maximum Gasteiger partial charge on any atom is 0.360 e. The molecule has 0 aromatic heterocycles. The first kappa shape index (κ1) is 11.4. The minimum Gasteiger partial charge on any atom is -0.321 e. The van der Waals surface area contributed by atoms with Gasteiger partial charge in [0.2, 0.25) is 0 Å². The second-order valence-corrected chi connectivity index (χ2v) is 4.81. The van der Waals surface area contributed by atoms with Crippen LogP contribution < -0.4 is 0 Å². The molecule has 1 saturated carbocycles. The highest BCUT2D eigenvalue weighted by Gasteiger charge is 2.30. The molecule has 0 aromatic rings. The van der Waals surface area contributed by atoms with Crippen molar-refractivity contribution in [1.29, 1.82) is 0 Å². The number of rotatable bonds is 3. The molecule has 2 N–H and O–H groups in total. The van der Waals surface area contributed by atoms with E-state index >= 15 is 0 Å². The van der Waals surface area contributed by atoms with Crippen LogP contribution in [0.5, 0.6) is 0 Å². The Morgan fingerprint density at radius 3 is 2.21 bits per heavy atom. The SMILES string of the molecule is C=CC(=O)C(=C1CCCC1)P(=O)(O)O. The van der Waals surface area contributed by atoms with E-state index in [1.165, 1.54) is 0 Å². The van der Waals surface area contributed by atoms with Gasteiger partial charge in [0.05, 0.1) is 0 Å². The molecule has 1 aliphatic rings. The number of carbonyl (C=O) groups is 1. The lowest BCUT2D eigenvalue weighted by Crippen LogP contribution is -2.02. The summed E-state index contributed by atoms with van der Waals surface area (Å²) in [5.74, 6) is -0.643. The van der Waals surface area contributed by atoms with Gasteiger partial charge >= 0.3 is 7.60 Å². The first-order valence-electron chi connectivity index (χ1n) is 4.41.